The summed E-state index contributed by atoms with van der Waals surface area (Å²) in [5.41, 5.74) is 1.09. The van der Waals surface area contributed by atoms with Crippen LogP contribution in [0.5, 0.6) is 0 Å². The van der Waals surface area contributed by atoms with Gasteiger partial charge in [-0.15, -0.1) is 0 Å². The molecule has 0 spiro atoms. The standard InChI is InChI=1S/C14H13NO2S/c16-14-9-18(17)8-13(15-14)12-7-3-5-10-4-1-2-6-11(10)12/h1-7,13,17H,8-9H2/p+1. The Labute approximate surface area is 108 Å². The van der Waals surface area contributed by atoms with Crippen LogP contribution in [0, 0.1) is 0 Å². The Morgan fingerprint density at radius 3 is 2.78 bits per heavy atom. The molecule has 0 aliphatic carbocycles. The fourth-order valence-corrected chi connectivity index (χ4v) is 3.55. The van der Waals surface area contributed by atoms with E-state index < -0.39 is 11.2 Å². The number of benzene rings is 2. The second kappa shape index (κ2) is 4.63. The third kappa shape index (κ3) is 2.09. The molecule has 1 aliphatic rings. The first-order chi connectivity index (χ1) is 8.74. The van der Waals surface area contributed by atoms with Gasteiger partial charge in [0.15, 0.2) is 16.9 Å². The lowest BCUT2D eigenvalue weighted by atomic mass is 9.99. The topological polar surface area (TPSA) is 49.3 Å². The fourth-order valence-electron chi connectivity index (χ4n) is 2.40. The van der Waals surface area contributed by atoms with Gasteiger partial charge in [0.25, 0.3) is 5.91 Å². The normalized spacial score (nSPS) is 23.9. The summed E-state index contributed by atoms with van der Waals surface area (Å²) in [6, 6.07) is 14.1. The Kier molecular flexibility index (Phi) is 2.97. The van der Waals surface area contributed by atoms with E-state index in [1.807, 2.05) is 24.3 Å². The van der Waals surface area contributed by atoms with Crippen molar-refractivity contribution in [3.05, 3.63) is 48.0 Å². The zero-order chi connectivity index (χ0) is 12.5. The lowest BCUT2D eigenvalue weighted by molar-refractivity contribution is -0.119. The number of nitrogens with one attached hydrogen (secondary N) is 1. The Hall–Kier alpha value is -1.52. The summed E-state index contributed by atoms with van der Waals surface area (Å²) in [7, 11) is 0. The molecule has 2 unspecified atom stereocenters. The van der Waals surface area contributed by atoms with Crippen molar-refractivity contribution in [1.29, 1.82) is 0 Å². The molecule has 0 aromatic heterocycles. The van der Waals surface area contributed by atoms with Crippen molar-refractivity contribution in [3.63, 3.8) is 0 Å². The highest BCUT2D eigenvalue weighted by Gasteiger charge is 2.34. The summed E-state index contributed by atoms with van der Waals surface area (Å²) in [6.07, 6.45) is 0. The third-order valence-corrected chi connectivity index (χ3v) is 4.50. The van der Waals surface area contributed by atoms with Crippen LogP contribution >= 0.6 is 0 Å². The van der Waals surface area contributed by atoms with Crippen molar-refractivity contribution in [2.75, 3.05) is 11.5 Å². The van der Waals surface area contributed by atoms with Crippen molar-refractivity contribution in [1.82, 2.24) is 5.32 Å². The lowest BCUT2D eigenvalue weighted by Gasteiger charge is -2.22. The molecule has 2 aromatic carbocycles. The van der Waals surface area contributed by atoms with E-state index in [1.54, 1.807) is 0 Å². The maximum absolute atomic E-state index is 11.5. The summed E-state index contributed by atoms with van der Waals surface area (Å²) < 4.78 is 9.75. The van der Waals surface area contributed by atoms with Gasteiger partial charge in [0.05, 0.1) is 0 Å². The van der Waals surface area contributed by atoms with Crippen LogP contribution in [0.1, 0.15) is 11.6 Å². The number of hydrogen-bond acceptors (Lipinski definition) is 2. The number of carbonyl (C=O) groups excluding carboxylic acids is 1. The van der Waals surface area contributed by atoms with Crippen molar-refractivity contribution in [3.8, 4) is 0 Å². The van der Waals surface area contributed by atoms with E-state index in [0.717, 1.165) is 16.3 Å². The summed E-state index contributed by atoms with van der Waals surface area (Å²) in [5, 5.41) is 5.27. The lowest BCUT2D eigenvalue weighted by Crippen LogP contribution is -2.43. The van der Waals surface area contributed by atoms with Crippen molar-refractivity contribution in [2.45, 2.75) is 6.04 Å². The number of rotatable bonds is 1. The second-order valence-corrected chi connectivity index (χ2v) is 6.01. The molecule has 1 heterocycles. The zero-order valence-corrected chi connectivity index (χ0v) is 10.6. The molecule has 1 aliphatic heterocycles. The monoisotopic (exact) mass is 260 g/mol. The van der Waals surface area contributed by atoms with Gasteiger partial charge in [-0.05, 0) is 16.3 Å². The predicted molar refractivity (Wildman–Crippen MR) is 74.6 cm³/mol. The third-order valence-electron chi connectivity index (χ3n) is 3.19. The quantitative estimate of drug-likeness (QED) is 0.771. The molecule has 3 nitrogen and oxygen atoms in total. The van der Waals surface area contributed by atoms with Crippen LogP contribution in [-0.4, -0.2) is 22.0 Å². The van der Waals surface area contributed by atoms with Crippen LogP contribution in [0.2, 0.25) is 0 Å². The number of carbonyl (C=O) groups is 1. The van der Waals surface area contributed by atoms with Gasteiger partial charge in [-0.2, -0.15) is 4.55 Å². The first kappa shape index (κ1) is 11.6. The molecule has 1 fully saturated rings. The number of fused-ring (bicyclic) bond motifs is 1. The van der Waals surface area contributed by atoms with Crippen LogP contribution in [0.3, 0.4) is 0 Å². The van der Waals surface area contributed by atoms with E-state index in [0.29, 0.717) is 5.75 Å². The molecule has 2 aromatic rings. The van der Waals surface area contributed by atoms with Gasteiger partial charge in [0.1, 0.15) is 6.04 Å². The molecule has 18 heavy (non-hydrogen) atoms. The van der Waals surface area contributed by atoms with Gasteiger partial charge >= 0.3 is 0 Å². The van der Waals surface area contributed by atoms with Gasteiger partial charge < -0.3 is 5.32 Å². The molecule has 0 saturated carbocycles. The van der Waals surface area contributed by atoms with Crippen LogP contribution < -0.4 is 5.32 Å². The highest BCUT2D eigenvalue weighted by Crippen LogP contribution is 2.27. The molecule has 2 N–H and O–H groups in total. The minimum absolute atomic E-state index is 0.0648. The van der Waals surface area contributed by atoms with Gasteiger partial charge in [-0.1, -0.05) is 42.5 Å². The number of hydrogen-bond donors (Lipinski definition) is 2. The van der Waals surface area contributed by atoms with E-state index in [9.17, 15) is 9.35 Å². The summed E-state index contributed by atoms with van der Waals surface area (Å²) in [5.74, 6) is 0.783. The molecule has 1 amide bonds. The second-order valence-electron chi connectivity index (χ2n) is 4.46. The highest BCUT2D eigenvalue weighted by molar-refractivity contribution is 7.92. The molecule has 92 valence electrons. The molecule has 4 heteroatoms. The summed E-state index contributed by atoms with van der Waals surface area (Å²) in [6.45, 7) is 0. The largest absolute Gasteiger partial charge is 0.340 e. The van der Waals surface area contributed by atoms with Crippen molar-refractivity contribution < 1.29 is 9.35 Å². The molecule has 3 rings (SSSR count). The highest BCUT2D eigenvalue weighted by atomic mass is 32.2. The average Bonchev–Trinajstić information content (AvgIpc) is 2.37. The molecular weight excluding hydrogens is 246 g/mol. The van der Waals surface area contributed by atoms with E-state index in [1.165, 1.54) is 0 Å². The van der Waals surface area contributed by atoms with E-state index >= 15 is 0 Å². The first-order valence-electron chi connectivity index (χ1n) is 5.87. The Bertz CT molecular complexity index is 594. The SMILES string of the molecule is O=C1C[S+](O)CC(c2cccc3ccccc23)N1. The van der Waals surface area contributed by atoms with Crippen LogP contribution in [0.15, 0.2) is 42.5 Å². The van der Waals surface area contributed by atoms with Gasteiger partial charge in [-0.25, -0.2) is 0 Å². The molecule has 0 radical (unpaired) electrons. The van der Waals surface area contributed by atoms with Crippen LogP contribution in [0.25, 0.3) is 10.8 Å². The Morgan fingerprint density at radius 2 is 1.94 bits per heavy atom. The Morgan fingerprint density at radius 1 is 1.17 bits per heavy atom. The number of amides is 1. The van der Waals surface area contributed by atoms with E-state index in [2.05, 4.69) is 23.5 Å². The zero-order valence-electron chi connectivity index (χ0n) is 9.80. The van der Waals surface area contributed by atoms with Gasteiger partial charge in [0.2, 0.25) is 5.75 Å². The minimum Gasteiger partial charge on any atom is -0.340 e. The summed E-state index contributed by atoms with van der Waals surface area (Å²) >= 11 is -0.806. The minimum atomic E-state index is -0.806. The molecule has 1 saturated heterocycles. The summed E-state index contributed by atoms with van der Waals surface area (Å²) in [4.78, 5) is 11.5. The maximum Gasteiger partial charge on any atom is 0.273 e. The van der Waals surface area contributed by atoms with Crippen molar-refractivity contribution >= 4 is 27.9 Å². The van der Waals surface area contributed by atoms with E-state index in [4.69, 9.17) is 0 Å². The van der Waals surface area contributed by atoms with Crippen molar-refractivity contribution in [2.24, 2.45) is 0 Å². The Balaban J connectivity index is 2.06. The molecular formula is C14H14NO2S+. The van der Waals surface area contributed by atoms with Gasteiger partial charge in [-0.3, -0.25) is 4.79 Å². The first-order valence-corrected chi connectivity index (χ1v) is 7.39. The maximum atomic E-state index is 11.5. The molecule has 2 atom stereocenters. The smallest absolute Gasteiger partial charge is 0.273 e. The predicted octanol–water partition coefficient (Wildman–Crippen LogP) is 2.10. The average molecular weight is 260 g/mol. The van der Waals surface area contributed by atoms with E-state index in [-0.39, 0.29) is 17.7 Å². The van der Waals surface area contributed by atoms with Crippen LogP contribution in [-0.2, 0) is 16.0 Å². The van der Waals surface area contributed by atoms with Gasteiger partial charge in [0, 0.05) is 0 Å². The molecule has 0 bridgehead atoms. The fraction of sp³-hybridized carbons (Fsp3) is 0.214. The van der Waals surface area contributed by atoms with Crippen LogP contribution in [0.4, 0.5) is 0 Å².